The lowest BCUT2D eigenvalue weighted by atomic mass is 10.2. The molecular weight excluding hydrogens is 236 g/mol. The Labute approximate surface area is 106 Å². The molecule has 0 radical (unpaired) electrons. The highest BCUT2D eigenvalue weighted by molar-refractivity contribution is 5.83. The Morgan fingerprint density at radius 2 is 2.00 bits per heavy atom. The number of likely N-dealkylation sites (tertiary alicyclic amines) is 1. The Balaban J connectivity index is 1.96. The van der Waals surface area contributed by atoms with Crippen molar-refractivity contribution in [2.75, 3.05) is 20.1 Å². The maximum atomic E-state index is 12.2. The van der Waals surface area contributed by atoms with E-state index in [2.05, 4.69) is 6.92 Å². The second-order valence-electron chi connectivity index (χ2n) is 5.53. The Morgan fingerprint density at radius 1 is 1.39 bits per heavy atom. The van der Waals surface area contributed by atoms with E-state index in [1.807, 2.05) is 0 Å². The number of carbonyl (C=O) groups is 2. The van der Waals surface area contributed by atoms with Crippen LogP contribution in [0, 0.1) is 11.8 Å². The highest BCUT2D eigenvalue weighted by atomic mass is 16.4. The number of nitrogens with zero attached hydrogens (tertiary/aromatic N) is 2. The van der Waals surface area contributed by atoms with Crippen LogP contribution in [0.3, 0.4) is 0 Å². The molecular formula is C12H20N2O4. The lowest BCUT2D eigenvalue weighted by Crippen LogP contribution is -2.47. The highest BCUT2D eigenvalue weighted by Gasteiger charge is 2.41. The highest BCUT2D eigenvalue weighted by Crippen LogP contribution is 2.38. The molecule has 1 saturated carbocycles. The first-order chi connectivity index (χ1) is 8.40. The van der Waals surface area contributed by atoms with Crippen LogP contribution < -0.4 is 0 Å². The third-order valence-electron chi connectivity index (χ3n) is 3.92. The number of carboxylic acids is 1. The molecule has 102 valence electrons. The molecule has 4 atom stereocenters. The zero-order valence-corrected chi connectivity index (χ0v) is 10.7. The molecule has 0 spiro atoms. The molecule has 0 bridgehead atoms. The number of aliphatic carboxylic acids is 1. The van der Waals surface area contributed by atoms with Gasteiger partial charge in [0.05, 0.1) is 6.10 Å². The molecule has 3 unspecified atom stereocenters. The van der Waals surface area contributed by atoms with Crippen LogP contribution in [0.1, 0.15) is 19.8 Å². The van der Waals surface area contributed by atoms with Gasteiger partial charge in [-0.25, -0.2) is 9.59 Å². The zero-order valence-electron chi connectivity index (χ0n) is 10.7. The number of carbonyl (C=O) groups excluding carboxylic acids is 1. The van der Waals surface area contributed by atoms with E-state index in [0.29, 0.717) is 18.4 Å². The van der Waals surface area contributed by atoms with Gasteiger partial charge in [0.25, 0.3) is 0 Å². The predicted molar refractivity (Wildman–Crippen MR) is 64.1 cm³/mol. The molecule has 1 saturated heterocycles. The molecule has 2 rings (SSSR count). The summed E-state index contributed by atoms with van der Waals surface area (Å²) in [5.74, 6) is 0.141. The maximum Gasteiger partial charge on any atom is 0.326 e. The Hall–Kier alpha value is -1.30. The molecule has 6 nitrogen and oxygen atoms in total. The number of hydrogen-bond acceptors (Lipinski definition) is 3. The maximum absolute atomic E-state index is 12.2. The van der Waals surface area contributed by atoms with E-state index in [1.165, 1.54) is 4.90 Å². The first-order valence-electron chi connectivity index (χ1n) is 6.32. The van der Waals surface area contributed by atoms with Gasteiger partial charge in [0.15, 0.2) is 0 Å². The lowest BCUT2D eigenvalue weighted by Gasteiger charge is -2.27. The van der Waals surface area contributed by atoms with Gasteiger partial charge in [-0.15, -0.1) is 0 Å². The van der Waals surface area contributed by atoms with Gasteiger partial charge in [0.1, 0.15) is 6.04 Å². The van der Waals surface area contributed by atoms with Crippen molar-refractivity contribution in [1.29, 1.82) is 0 Å². The predicted octanol–water partition coefficient (Wildman–Crippen LogP) is 0.214. The van der Waals surface area contributed by atoms with Crippen LogP contribution in [0.4, 0.5) is 4.79 Å². The molecule has 1 aliphatic heterocycles. The number of rotatable bonds is 3. The van der Waals surface area contributed by atoms with E-state index in [9.17, 15) is 14.7 Å². The summed E-state index contributed by atoms with van der Waals surface area (Å²) in [6, 6.07) is -1.19. The number of carboxylic acid groups (broad SMARTS) is 1. The Kier molecular flexibility index (Phi) is 3.47. The second-order valence-corrected chi connectivity index (χ2v) is 5.53. The fourth-order valence-electron chi connectivity index (χ4n) is 2.56. The van der Waals surface area contributed by atoms with E-state index in [-0.39, 0.29) is 19.0 Å². The van der Waals surface area contributed by atoms with Gasteiger partial charge in [-0.2, -0.15) is 0 Å². The number of aliphatic hydroxyl groups is 1. The standard InChI is InChI=1S/C12H20N2O4/c1-7-3-8(7)5-13(2)12(18)14-6-9(15)4-10(14)11(16)17/h7-10,15H,3-6H2,1-2H3,(H,16,17)/t7?,8?,9?,10-/m0/s1. The van der Waals surface area contributed by atoms with Crippen LogP contribution in [0.5, 0.6) is 0 Å². The lowest BCUT2D eigenvalue weighted by molar-refractivity contribution is -0.141. The molecule has 0 aromatic heterocycles. The van der Waals surface area contributed by atoms with Gasteiger partial charge >= 0.3 is 12.0 Å². The second kappa shape index (κ2) is 4.76. The minimum Gasteiger partial charge on any atom is -0.480 e. The van der Waals surface area contributed by atoms with E-state index < -0.39 is 18.1 Å². The Bertz CT molecular complexity index is 360. The largest absolute Gasteiger partial charge is 0.480 e. The molecule has 2 aliphatic rings. The van der Waals surface area contributed by atoms with Crippen molar-refractivity contribution in [2.24, 2.45) is 11.8 Å². The first-order valence-corrected chi connectivity index (χ1v) is 6.32. The van der Waals surface area contributed by atoms with Gasteiger partial charge in [-0.05, 0) is 18.3 Å². The quantitative estimate of drug-likeness (QED) is 0.756. The molecule has 0 aromatic carbocycles. The van der Waals surface area contributed by atoms with Crippen LogP contribution in [-0.2, 0) is 4.79 Å². The third-order valence-corrected chi connectivity index (χ3v) is 3.92. The van der Waals surface area contributed by atoms with Crippen LogP contribution in [0.25, 0.3) is 0 Å². The van der Waals surface area contributed by atoms with Crippen molar-refractivity contribution in [3.8, 4) is 0 Å². The van der Waals surface area contributed by atoms with Crippen molar-refractivity contribution < 1.29 is 19.8 Å². The van der Waals surface area contributed by atoms with Gasteiger partial charge in [0, 0.05) is 26.6 Å². The van der Waals surface area contributed by atoms with Gasteiger partial charge in [-0.3, -0.25) is 0 Å². The van der Waals surface area contributed by atoms with E-state index >= 15 is 0 Å². The fourth-order valence-corrected chi connectivity index (χ4v) is 2.56. The molecule has 18 heavy (non-hydrogen) atoms. The molecule has 6 heteroatoms. The van der Waals surface area contributed by atoms with E-state index in [4.69, 9.17) is 5.11 Å². The number of amides is 2. The first kappa shape index (κ1) is 13.1. The summed E-state index contributed by atoms with van der Waals surface area (Å²) in [4.78, 5) is 26.0. The smallest absolute Gasteiger partial charge is 0.326 e. The summed E-state index contributed by atoms with van der Waals surface area (Å²) >= 11 is 0. The van der Waals surface area contributed by atoms with Crippen molar-refractivity contribution in [3.05, 3.63) is 0 Å². The summed E-state index contributed by atoms with van der Waals surface area (Å²) in [5.41, 5.74) is 0. The molecule has 2 amide bonds. The summed E-state index contributed by atoms with van der Waals surface area (Å²) in [6.07, 6.45) is 0.514. The summed E-state index contributed by atoms with van der Waals surface area (Å²) < 4.78 is 0. The minimum absolute atomic E-state index is 0.111. The van der Waals surface area contributed by atoms with Crippen molar-refractivity contribution in [1.82, 2.24) is 9.80 Å². The van der Waals surface area contributed by atoms with E-state index in [1.54, 1.807) is 11.9 Å². The number of hydrogen-bond donors (Lipinski definition) is 2. The summed E-state index contributed by atoms with van der Waals surface area (Å²) in [5, 5.41) is 18.6. The average molecular weight is 256 g/mol. The molecule has 1 aliphatic carbocycles. The number of aliphatic hydroxyl groups excluding tert-OH is 1. The summed E-state index contributed by atoms with van der Waals surface area (Å²) in [6.45, 7) is 2.92. The average Bonchev–Trinajstić information content (AvgIpc) is 2.83. The van der Waals surface area contributed by atoms with Crippen LogP contribution >= 0.6 is 0 Å². The Morgan fingerprint density at radius 3 is 2.50 bits per heavy atom. The zero-order chi connectivity index (χ0) is 13.4. The van der Waals surface area contributed by atoms with Crippen LogP contribution in [-0.4, -0.2) is 64.3 Å². The normalized spacial score (nSPS) is 34.5. The van der Waals surface area contributed by atoms with Crippen molar-refractivity contribution in [3.63, 3.8) is 0 Å². The van der Waals surface area contributed by atoms with Crippen LogP contribution in [0.2, 0.25) is 0 Å². The topological polar surface area (TPSA) is 81.1 Å². The summed E-state index contributed by atoms with van der Waals surface area (Å²) in [7, 11) is 1.69. The van der Waals surface area contributed by atoms with E-state index in [0.717, 1.165) is 6.42 Å². The third kappa shape index (κ3) is 2.58. The molecule has 2 N–H and O–H groups in total. The van der Waals surface area contributed by atoms with Crippen LogP contribution in [0.15, 0.2) is 0 Å². The SMILES string of the molecule is CC1CC1CN(C)C(=O)N1CC(O)C[C@H]1C(=O)O. The minimum atomic E-state index is -1.05. The van der Waals surface area contributed by atoms with Gasteiger partial charge in [-0.1, -0.05) is 6.92 Å². The van der Waals surface area contributed by atoms with Crippen molar-refractivity contribution in [2.45, 2.75) is 31.9 Å². The number of β-amino-alcohol motifs (C(OH)–C–C–N with tert-alkyl or cyclic N) is 1. The van der Waals surface area contributed by atoms with Crippen molar-refractivity contribution >= 4 is 12.0 Å². The molecule has 0 aromatic rings. The molecule has 1 heterocycles. The van der Waals surface area contributed by atoms with Gasteiger partial charge in [0.2, 0.25) is 0 Å². The number of urea groups is 1. The fraction of sp³-hybridized carbons (Fsp3) is 0.833. The molecule has 2 fully saturated rings. The van der Waals surface area contributed by atoms with Gasteiger partial charge < -0.3 is 20.0 Å². The monoisotopic (exact) mass is 256 g/mol.